The normalized spacial score (nSPS) is 17.1. The molecule has 2 atom stereocenters. The summed E-state index contributed by atoms with van der Waals surface area (Å²) in [5, 5.41) is 3.95. The van der Waals surface area contributed by atoms with Crippen molar-refractivity contribution in [2.75, 3.05) is 12.8 Å². The average Bonchev–Trinajstić information content (AvgIpc) is 3.27. The number of amides is 1. The van der Waals surface area contributed by atoms with Crippen LogP contribution in [0.4, 0.5) is 19.0 Å². The second-order valence-electron chi connectivity index (χ2n) is 9.16. The first-order chi connectivity index (χ1) is 17.8. The number of benzene rings is 1. The van der Waals surface area contributed by atoms with Gasteiger partial charge in [-0.1, -0.05) is 6.07 Å². The Hall–Kier alpha value is -4.48. The van der Waals surface area contributed by atoms with Crippen LogP contribution in [0.1, 0.15) is 52.1 Å². The van der Waals surface area contributed by atoms with Gasteiger partial charge in [-0.05, 0) is 36.1 Å². The van der Waals surface area contributed by atoms with E-state index < -0.39 is 18.3 Å². The number of imidazole rings is 1. The van der Waals surface area contributed by atoms with Crippen molar-refractivity contribution in [2.45, 2.75) is 31.4 Å². The van der Waals surface area contributed by atoms with E-state index in [0.29, 0.717) is 32.6 Å². The Morgan fingerprint density at radius 3 is 2.76 bits per heavy atom. The number of aromatic nitrogens is 6. The number of hydrogen-bond acceptors (Lipinski definition) is 6. The van der Waals surface area contributed by atoms with Gasteiger partial charge >= 0.3 is 6.55 Å². The van der Waals surface area contributed by atoms with Crippen molar-refractivity contribution in [1.29, 1.82) is 0 Å². The van der Waals surface area contributed by atoms with Crippen molar-refractivity contribution in [3.63, 3.8) is 0 Å². The molecule has 2 N–H and O–H groups in total. The summed E-state index contributed by atoms with van der Waals surface area (Å²) >= 11 is 0. The van der Waals surface area contributed by atoms with E-state index in [-0.39, 0.29) is 29.8 Å². The molecular formula is C25H21F3N8O. The molecule has 0 aliphatic heterocycles. The molecule has 1 aliphatic carbocycles. The zero-order valence-electron chi connectivity index (χ0n) is 19.6. The number of nitrogens with zero attached hydrogens (tertiary/aromatic N) is 7. The first-order valence-corrected chi connectivity index (χ1v) is 11.5. The number of nitrogen functional groups attached to an aromatic ring is 1. The third-order valence-electron chi connectivity index (χ3n) is 6.72. The van der Waals surface area contributed by atoms with E-state index in [0.717, 1.165) is 12.0 Å². The monoisotopic (exact) mass is 506 g/mol. The highest BCUT2D eigenvalue weighted by molar-refractivity contribution is 5.98. The predicted molar refractivity (Wildman–Crippen MR) is 128 cm³/mol. The number of anilines is 1. The van der Waals surface area contributed by atoms with Crippen LogP contribution < -0.4 is 5.73 Å². The Morgan fingerprint density at radius 2 is 2.03 bits per heavy atom. The van der Waals surface area contributed by atoms with Crippen molar-refractivity contribution in [3.8, 4) is 0 Å². The summed E-state index contributed by atoms with van der Waals surface area (Å²) in [7, 11) is 1.58. The Kier molecular flexibility index (Phi) is 5.32. The van der Waals surface area contributed by atoms with Crippen molar-refractivity contribution in [3.05, 3.63) is 83.6 Å². The largest absolute Gasteiger partial charge is 0.382 e. The summed E-state index contributed by atoms with van der Waals surface area (Å²) in [6, 6.07) is 7.98. The van der Waals surface area contributed by atoms with Crippen LogP contribution in [0.3, 0.4) is 0 Å². The van der Waals surface area contributed by atoms with Crippen molar-refractivity contribution >= 4 is 28.3 Å². The minimum absolute atomic E-state index is 0.0829. The van der Waals surface area contributed by atoms with Gasteiger partial charge in [0.25, 0.3) is 5.91 Å². The van der Waals surface area contributed by atoms with Crippen LogP contribution in [0.2, 0.25) is 0 Å². The zero-order valence-corrected chi connectivity index (χ0v) is 19.6. The van der Waals surface area contributed by atoms with Crippen LogP contribution in [0.5, 0.6) is 0 Å². The molecule has 0 spiro atoms. The van der Waals surface area contributed by atoms with E-state index in [1.807, 2.05) is 12.1 Å². The molecule has 1 aromatic carbocycles. The van der Waals surface area contributed by atoms with Gasteiger partial charge in [0.15, 0.2) is 0 Å². The Balaban J connectivity index is 1.17. The van der Waals surface area contributed by atoms with E-state index in [9.17, 15) is 18.0 Å². The molecule has 0 bridgehead atoms. The van der Waals surface area contributed by atoms with Gasteiger partial charge in [0.2, 0.25) is 0 Å². The molecule has 9 nitrogen and oxygen atoms in total. The van der Waals surface area contributed by atoms with E-state index in [2.05, 4.69) is 20.1 Å². The fraction of sp³-hybridized carbons (Fsp3) is 0.240. The van der Waals surface area contributed by atoms with Gasteiger partial charge in [-0.25, -0.2) is 19.0 Å². The van der Waals surface area contributed by atoms with Gasteiger partial charge in [-0.2, -0.15) is 13.9 Å². The molecule has 12 heteroatoms. The molecule has 1 aliphatic rings. The number of nitrogens with two attached hydrogens (primary N) is 1. The van der Waals surface area contributed by atoms with Gasteiger partial charge in [-0.15, -0.1) is 0 Å². The van der Waals surface area contributed by atoms with E-state index in [1.165, 1.54) is 29.6 Å². The lowest BCUT2D eigenvalue weighted by Gasteiger charge is -2.18. The van der Waals surface area contributed by atoms with Crippen LogP contribution in [0.15, 0.2) is 55.2 Å². The van der Waals surface area contributed by atoms with Crippen LogP contribution in [0, 0.1) is 5.82 Å². The molecule has 5 aromatic rings. The molecule has 188 valence electrons. The highest BCUT2D eigenvalue weighted by Gasteiger charge is 2.41. The van der Waals surface area contributed by atoms with Crippen LogP contribution in [0.25, 0.3) is 16.6 Å². The quantitative estimate of drug-likeness (QED) is 0.371. The topological polar surface area (TPSA) is 107 Å². The predicted octanol–water partition coefficient (Wildman–Crippen LogP) is 4.13. The smallest absolute Gasteiger partial charge is 0.333 e. The second kappa shape index (κ2) is 8.57. The lowest BCUT2D eigenvalue weighted by Crippen LogP contribution is -2.27. The standard InChI is InChI=1S/C25H21F3N8O/c1-34(24(37)17-7-21-20(8-18(17)26)32-23(29)22-10-30-12-35(21)22)11-14-3-2-13(9-31-14)15-6-16(15)19-4-5-36(33-19)25(27)28/h2-5,7-10,12,15-16,25H,6,11H2,1H3,(H2,29,32)/t15-,16+/m0/s1. The minimum Gasteiger partial charge on any atom is -0.382 e. The molecule has 1 fully saturated rings. The van der Waals surface area contributed by atoms with Gasteiger partial charge < -0.3 is 10.6 Å². The molecule has 37 heavy (non-hydrogen) atoms. The third-order valence-corrected chi connectivity index (χ3v) is 6.72. The van der Waals surface area contributed by atoms with Gasteiger partial charge in [0.05, 0.1) is 47.1 Å². The highest BCUT2D eigenvalue weighted by atomic mass is 19.3. The van der Waals surface area contributed by atoms with E-state index in [1.54, 1.807) is 29.9 Å². The first kappa shape index (κ1) is 23.0. The number of carbonyl (C=O) groups excluding carboxylic acids is 1. The van der Waals surface area contributed by atoms with Crippen molar-refractivity contribution in [1.82, 2.24) is 34.0 Å². The highest BCUT2D eigenvalue weighted by Crippen LogP contribution is 2.54. The van der Waals surface area contributed by atoms with E-state index in [4.69, 9.17) is 5.73 Å². The summed E-state index contributed by atoms with van der Waals surface area (Å²) in [4.78, 5) is 27.2. The molecule has 0 saturated heterocycles. The van der Waals surface area contributed by atoms with Gasteiger partial charge in [0, 0.05) is 31.4 Å². The van der Waals surface area contributed by atoms with Gasteiger partial charge in [-0.3, -0.25) is 14.2 Å². The summed E-state index contributed by atoms with van der Waals surface area (Å²) in [6.45, 7) is -2.48. The number of fused-ring (bicyclic) bond motifs is 3. The summed E-state index contributed by atoms with van der Waals surface area (Å²) < 4.78 is 42.8. The zero-order chi connectivity index (χ0) is 25.8. The number of carbonyl (C=O) groups is 1. The number of hydrogen-bond donors (Lipinski definition) is 1. The molecule has 4 heterocycles. The minimum atomic E-state index is -2.66. The third kappa shape index (κ3) is 4.03. The lowest BCUT2D eigenvalue weighted by molar-refractivity contribution is 0.0561. The molecule has 0 unspecified atom stereocenters. The number of rotatable bonds is 6. The Labute approximate surface area is 208 Å². The molecule has 0 radical (unpaired) electrons. The molecule has 4 aromatic heterocycles. The average molecular weight is 506 g/mol. The molecular weight excluding hydrogens is 485 g/mol. The maximum atomic E-state index is 14.9. The number of halogens is 3. The molecule has 6 rings (SSSR count). The fourth-order valence-electron chi connectivity index (χ4n) is 4.68. The molecule has 1 saturated carbocycles. The Bertz CT molecular complexity index is 1650. The van der Waals surface area contributed by atoms with Crippen molar-refractivity contribution < 1.29 is 18.0 Å². The van der Waals surface area contributed by atoms with Crippen LogP contribution in [-0.4, -0.2) is 47.0 Å². The number of alkyl halides is 2. The van der Waals surface area contributed by atoms with Crippen LogP contribution in [-0.2, 0) is 6.54 Å². The summed E-state index contributed by atoms with van der Waals surface area (Å²) in [5.41, 5.74) is 9.47. The SMILES string of the molecule is CN(Cc1ccc([C@@H]2C[C@H]2c2ccn(C(F)F)n2)cn1)C(=O)c1cc2c(cc1F)nc(N)c1cncn12. The van der Waals surface area contributed by atoms with Gasteiger partial charge in [0.1, 0.15) is 17.2 Å². The van der Waals surface area contributed by atoms with E-state index >= 15 is 0 Å². The Morgan fingerprint density at radius 1 is 1.19 bits per heavy atom. The van der Waals surface area contributed by atoms with Crippen molar-refractivity contribution in [2.24, 2.45) is 0 Å². The maximum absolute atomic E-state index is 14.9. The maximum Gasteiger partial charge on any atom is 0.333 e. The summed E-state index contributed by atoms with van der Waals surface area (Å²) in [6.07, 6.45) is 6.91. The second-order valence-corrected chi connectivity index (χ2v) is 9.16. The number of pyridine rings is 1. The lowest BCUT2D eigenvalue weighted by atomic mass is 10.1. The molecule has 1 amide bonds. The first-order valence-electron chi connectivity index (χ1n) is 11.5. The summed E-state index contributed by atoms with van der Waals surface area (Å²) in [5.74, 6) is -0.744. The fourth-order valence-corrected chi connectivity index (χ4v) is 4.68. The van der Waals surface area contributed by atoms with Crippen LogP contribution >= 0.6 is 0 Å².